The van der Waals surface area contributed by atoms with Crippen molar-refractivity contribution in [3.05, 3.63) is 29.8 Å². The standard InChI is InChI=1S/C7H9BO3.C6H15NO3/c1-6-2-4-7(5-3-6)11-8(9)10;8-4-1-7(2-5-9)3-6-10/h2-5,9-10H,1H3;8-10H,1-6H2. The second kappa shape index (κ2) is 12.6. The summed E-state index contributed by atoms with van der Waals surface area (Å²) in [4.78, 5) is 1.79. The lowest BCUT2D eigenvalue weighted by atomic mass is 10.2. The van der Waals surface area contributed by atoms with E-state index in [2.05, 4.69) is 4.65 Å². The van der Waals surface area contributed by atoms with E-state index in [1.165, 1.54) is 0 Å². The van der Waals surface area contributed by atoms with Crippen LogP contribution in [0.15, 0.2) is 24.3 Å². The van der Waals surface area contributed by atoms with Gasteiger partial charge in [-0.2, -0.15) is 0 Å². The Bertz CT molecular complexity index is 335. The molecule has 5 N–H and O–H groups in total. The van der Waals surface area contributed by atoms with E-state index in [4.69, 9.17) is 25.4 Å². The highest BCUT2D eigenvalue weighted by Gasteiger charge is 2.09. The molecule has 1 aromatic carbocycles. The van der Waals surface area contributed by atoms with Crippen molar-refractivity contribution in [1.29, 1.82) is 0 Å². The topological polar surface area (TPSA) is 114 Å². The molecule has 21 heavy (non-hydrogen) atoms. The van der Waals surface area contributed by atoms with Crippen LogP contribution in [0.1, 0.15) is 5.56 Å². The monoisotopic (exact) mass is 301 g/mol. The zero-order valence-electron chi connectivity index (χ0n) is 12.2. The van der Waals surface area contributed by atoms with Gasteiger partial charge in [-0.25, -0.2) is 0 Å². The average Bonchev–Trinajstić information content (AvgIpc) is 2.43. The minimum absolute atomic E-state index is 0.0694. The van der Waals surface area contributed by atoms with Crippen LogP contribution in [0, 0.1) is 6.92 Å². The summed E-state index contributed by atoms with van der Waals surface area (Å²) in [7, 11) is -1.74. The van der Waals surface area contributed by atoms with Gasteiger partial charge in [0.05, 0.1) is 19.8 Å². The first-order chi connectivity index (χ1) is 10.0. The smallest absolute Gasteiger partial charge is 0.512 e. The molecule has 0 saturated carbocycles. The third-order valence-corrected chi connectivity index (χ3v) is 2.51. The molecule has 0 fully saturated rings. The highest BCUT2D eigenvalue weighted by Crippen LogP contribution is 2.10. The summed E-state index contributed by atoms with van der Waals surface area (Å²) in [5.74, 6) is 0.450. The first-order valence-corrected chi connectivity index (χ1v) is 6.67. The van der Waals surface area contributed by atoms with Gasteiger partial charge in [-0.3, -0.25) is 4.90 Å². The number of rotatable bonds is 8. The van der Waals surface area contributed by atoms with Crippen LogP contribution in [0.2, 0.25) is 0 Å². The van der Waals surface area contributed by atoms with Gasteiger partial charge in [-0.1, -0.05) is 17.7 Å². The summed E-state index contributed by atoms with van der Waals surface area (Å²) in [6.07, 6.45) is 0. The fourth-order valence-electron chi connectivity index (χ4n) is 1.50. The number of hydrogen-bond acceptors (Lipinski definition) is 7. The first kappa shape index (κ1) is 19.8. The molecule has 0 aromatic heterocycles. The SMILES string of the molecule is Cc1ccc(OB(O)O)cc1.OCCN(CCO)CCO. The van der Waals surface area contributed by atoms with Gasteiger partial charge in [0.2, 0.25) is 0 Å². The lowest BCUT2D eigenvalue weighted by Crippen LogP contribution is -2.32. The van der Waals surface area contributed by atoms with Crippen LogP contribution in [0.25, 0.3) is 0 Å². The molecule has 0 aliphatic heterocycles. The minimum atomic E-state index is -1.74. The zero-order valence-corrected chi connectivity index (χ0v) is 12.2. The van der Waals surface area contributed by atoms with Crippen molar-refractivity contribution >= 4 is 7.32 Å². The Morgan fingerprint density at radius 2 is 1.33 bits per heavy atom. The second-order valence-electron chi connectivity index (χ2n) is 4.27. The van der Waals surface area contributed by atoms with Gasteiger partial charge in [0.1, 0.15) is 5.75 Å². The van der Waals surface area contributed by atoms with Gasteiger partial charge in [-0.05, 0) is 19.1 Å². The van der Waals surface area contributed by atoms with E-state index in [1.807, 2.05) is 19.1 Å². The van der Waals surface area contributed by atoms with E-state index in [1.54, 1.807) is 17.0 Å². The fourth-order valence-corrected chi connectivity index (χ4v) is 1.50. The van der Waals surface area contributed by atoms with Crippen LogP contribution >= 0.6 is 0 Å². The molecule has 1 aromatic rings. The predicted octanol–water partition coefficient (Wildman–Crippen LogP) is -1.39. The summed E-state index contributed by atoms with van der Waals surface area (Å²) in [5, 5.41) is 42.3. The summed E-state index contributed by atoms with van der Waals surface area (Å²) in [6, 6.07) is 7.01. The summed E-state index contributed by atoms with van der Waals surface area (Å²) >= 11 is 0. The minimum Gasteiger partial charge on any atom is -0.512 e. The normalized spacial score (nSPS) is 10.0. The van der Waals surface area contributed by atoms with Crippen LogP contribution in [0.3, 0.4) is 0 Å². The van der Waals surface area contributed by atoms with Gasteiger partial charge in [0.15, 0.2) is 0 Å². The number of aliphatic hydroxyl groups excluding tert-OH is 3. The van der Waals surface area contributed by atoms with Crippen molar-refractivity contribution < 1.29 is 30.0 Å². The molecule has 1 rings (SSSR count). The Balaban J connectivity index is 0.000000384. The van der Waals surface area contributed by atoms with Crippen molar-refractivity contribution in [2.24, 2.45) is 0 Å². The van der Waals surface area contributed by atoms with Crippen LogP contribution in [0.5, 0.6) is 5.75 Å². The second-order valence-corrected chi connectivity index (χ2v) is 4.27. The average molecular weight is 301 g/mol. The van der Waals surface area contributed by atoms with Gasteiger partial charge in [0.25, 0.3) is 0 Å². The zero-order chi connectivity index (χ0) is 16.1. The van der Waals surface area contributed by atoms with Crippen molar-refractivity contribution in [2.75, 3.05) is 39.5 Å². The molecule has 120 valence electrons. The first-order valence-electron chi connectivity index (χ1n) is 6.67. The number of aliphatic hydroxyl groups is 3. The highest BCUT2D eigenvalue weighted by atomic mass is 16.6. The van der Waals surface area contributed by atoms with Gasteiger partial charge in [0, 0.05) is 19.6 Å². The van der Waals surface area contributed by atoms with E-state index < -0.39 is 7.32 Å². The van der Waals surface area contributed by atoms with Crippen molar-refractivity contribution in [3.63, 3.8) is 0 Å². The van der Waals surface area contributed by atoms with Crippen molar-refractivity contribution in [2.45, 2.75) is 6.92 Å². The molecule has 8 heteroatoms. The molecule has 0 radical (unpaired) electrons. The molecular formula is C13H24BNO6. The molecule has 0 saturated heterocycles. The highest BCUT2D eigenvalue weighted by molar-refractivity contribution is 6.33. The Labute approximate surface area is 125 Å². The largest absolute Gasteiger partial charge is 0.707 e. The molecule has 0 atom stereocenters. The van der Waals surface area contributed by atoms with Crippen LogP contribution in [0.4, 0.5) is 0 Å². The number of benzene rings is 1. The van der Waals surface area contributed by atoms with Crippen LogP contribution in [-0.2, 0) is 0 Å². The molecule has 7 nitrogen and oxygen atoms in total. The van der Waals surface area contributed by atoms with Gasteiger partial charge >= 0.3 is 7.32 Å². The summed E-state index contributed by atoms with van der Waals surface area (Å²) in [6.45, 7) is 3.70. The third-order valence-electron chi connectivity index (χ3n) is 2.51. The van der Waals surface area contributed by atoms with E-state index >= 15 is 0 Å². The third kappa shape index (κ3) is 11.2. The maximum atomic E-state index is 8.48. The maximum Gasteiger partial charge on any atom is 0.707 e. The van der Waals surface area contributed by atoms with E-state index in [0.29, 0.717) is 25.4 Å². The van der Waals surface area contributed by atoms with Crippen molar-refractivity contribution in [3.8, 4) is 5.75 Å². The lowest BCUT2D eigenvalue weighted by Gasteiger charge is -2.17. The Hall–Kier alpha value is -1.16. The van der Waals surface area contributed by atoms with E-state index in [0.717, 1.165) is 5.56 Å². The summed E-state index contributed by atoms with van der Waals surface area (Å²) < 4.78 is 4.58. The molecule has 0 bridgehead atoms. The predicted molar refractivity (Wildman–Crippen MR) is 79.7 cm³/mol. The number of aryl methyl sites for hydroxylation is 1. The molecule has 0 unspecified atom stereocenters. The molecule has 0 heterocycles. The quantitative estimate of drug-likeness (QED) is 0.376. The molecule has 0 amide bonds. The Morgan fingerprint density at radius 1 is 0.905 bits per heavy atom. The Kier molecular flexibility index (Phi) is 11.9. The van der Waals surface area contributed by atoms with Gasteiger partial charge < -0.3 is 30.0 Å². The fraction of sp³-hybridized carbons (Fsp3) is 0.538. The molecule has 0 aliphatic carbocycles. The lowest BCUT2D eigenvalue weighted by molar-refractivity contribution is 0.136. The number of hydrogen-bond donors (Lipinski definition) is 5. The molecular weight excluding hydrogens is 277 g/mol. The molecule has 0 aliphatic rings. The van der Waals surface area contributed by atoms with Crippen molar-refractivity contribution in [1.82, 2.24) is 4.90 Å². The Morgan fingerprint density at radius 3 is 1.67 bits per heavy atom. The van der Waals surface area contributed by atoms with Crippen LogP contribution in [-0.4, -0.2) is 77.0 Å². The number of nitrogens with zero attached hydrogens (tertiary/aromatic N) is 1. The summed E-state index contributed by atoms with van der Waals surface area (Å²) in [5.41, 5.74) is 1.10. The maximum absolute atomic E-state index is 8.48. The molecule has 0 spiro atoms. The van der Waals surface area contributed by atoms with Crippen LogP contribution < -0.4 is 4.65 Å². The van der Waals surface area contributed by atoms with Gasteiger partial charge in [-0.15, -0.1) is 0 Å². The van der Waals surface area contributed by atoms with E-state index in [-0.39, 0.29) is 19.8 Å². The van der Waals surface area contributed by atoms with E-state index in [9.17, 15) is 0 Å².